The van der Waals surface area contributed by atoms with Gasteiger partial charge in [0.25, 0.3) is 0 Å². The van der Waals surface area contributed by atoms with Crippen LogP contribution in [0.3, 0.4) is 0 Å². The molecule has 2 aliphatic rings. The molecule has 1 aliphatic heterocycles. The van der Waals surface area contributed by atoms with E-state index in [-0.39, 0.29) is 5.54 Å². The molecule has 1 saturated carbocycles. The highest BCUT2D eigenvalue weighted by molar-refractivity contribution is 5.49. The van der Waals surface area contributed by atoms with Crippen LogP contribution >= 0.6 is 0 Å². The normalized spacial score (nSPS) is 22.3. The van der Waals surface area contributed by atoms with E-state index in [0.717, 1.165) is 38.5 Å². The van der Waals surface area contributed by atoms with Gasteiger partial charge in [-0.05, 0) is 37.1 Å². The van der Waals surface area contributed by atoms with E-state index < -0.39 is 0 Å². The summed E-state index contributed by atoms with van der Waals surface area (Å²) in [5.74, 6) is 0.918. The average molecular weight is 261 g/mol. The van der Waals surface area contributed by atoms with Crippen LogP contribution in [0.4, 0.5) is 5.69 Å². The van der Waals surface area contributed by atoms with Crippen molar-refractivity contribution in [2.45, 2.75) is 18.4 Å². The van der Waals surface area contributed by atoms with Gasteiger partial charge in [-0.1, -0.05) is 0 Å². The first-order valence-electron chi connectivity index (χ1n) is 7.09. The molecule has 0 bridgehead atoms. The minimum absolute atomic E-state index is 0.141. The smallest absolute Gasteiger partial charge is 0.119 e. The number of methoxy groups -OCH3 is 1. The largest absolute Gasteiger partial charge is 0.497 e. The molecule has 4 heteroatoms. The molecule has 1 aromatic rings. The third-order valence-corrected chi connectivity index (χ3v) is 4.24. The standard InChI is InChI=1S/C15H23N3O/c1-19-14-4-2-13(3-5-14)18-10-8-17(9-11-18)12-15(16)6-7-15/h2-5H,6-12,16H2,1H3. The molecule has 0 amide bonds. The molecule has 1 aromatic carbocycles. The van der Waals surface area contributed by atoms with Crippen molar-refractivity contribution in [3.05, 3.63) is 24.3 Å². The van der Waals surface area contributed by atoms with Crippen molar-refractivity contribution in [3.63, 3.8) is 0 Å². The lowest BCUT2D eigenvalue weighted by atomic mass is 10.2. The maximum atomic E-state index is 6.19. The van der Waals surface area contributed by atoms with Crippen molar-refractivity contribution in [1.82, 2.24) is 4.90 Å². The number of piperazine rings is 1. The molecule has 2 N–H and O–H groups in total. The molecule has 104 valence electrons. The lowest BCUT2D eigenvalue weighted by molar-refractivity contribution is 0.236. The molecule has 3 rings (SSSR count). The Morgan fingerprint density at radius 1 is 1.11 bits per heavy atom. The van der Waals surface area contributed by atoms with Gasteiger partial charge in [0.2, 0.25) is 0 Å². The number of ether oxygens (including phenoxy) is 1. The highest BCUT2D eigenvalue weighted by atomic mass is 16.5. The van der Waals surface area contributed by atoms with E-state index in [4.69, 9.17) is 10.5 Å². The zero-order valence-electron chi connectivity index (χ0n) is 11.6. The molecule has 0 radical (unpaired) electrons. The summed E-state index contributed by atoms with van der Waals surface area (Å²) in [5.41, 5.74) is 7.61. The van der Waals surface area contributed by atoms with Crippen molar-refractivity contribution < 1.29 is 4.74 Å². The van der Waals surface area contributed by atoms with E-state index in [1.165, 1.54) is 18.5 Å². The van der Waals surface area contributed by atoms with Crippen molar-refractivity contribution in [2.24, 2.45) is 5.73 Å². The lowest BCUT2D eigenvalue weighted by Gasteiger charge is -2.37. The Labute approximate surface area is 115 Å². The van der Waals surface area contributed by atoms with Crippen LogP contribution in [-0.2, 0) is 0 Å². The Morgan fingerprint density at radius 3 is 2.26 bits per heavy atom. The first kappa shape index (κ1) is 12.8. The Morgan fingerprint density at radius 2 is 1.74 bits per heavy atom. The van der Waals surface area contributed by atoms with Crippen LogP contribution in [0.2, 0.25) is 0 Å². The molecule has 0 unspecified atom stereocenters. The average Bonchev–Trinajstić information content (AvgIpc) is 3.17. The van der Waals surface area contributed by atoms with Gasteiger partial charge in [-0.2, -0.15) is 0 Å². The van der Waals surface area contributed by atoms with Gasteiger partial charge in [-0.15, -0.1) is 0 Å². The third kappa shape index (κ3) is 3.01. The number of benzene rings is 1. The molecule has 0 aromatic heterocycles. The van der Waals surface area contributed by atoms with Crippen molar-refractivity contribution >= 4 is 5.69 Å². The van der Waals surface area contributed by atoms with E-state index in [9.17, 15) is 0 Å². The number of hydrogen-bond acceptors (Lipinski definition) is 4. The van der Waals surface area contributed by atoms with Gasteiger partial charge >= 0.3 is 0 Å². The molecule has 1 saturated heterocycles. The molecule has 4 nitrogen and oxygen atoms in total. The number of hydrogen-bond donors (Lipinski definition) is 1. The second-order valence-electron chi connectivity index (χ2n) is 5.82. The molecule has 0 spiro atoms. The highest BCUT2D eigenvalue weighted by Crippen LogP contribution is 2.33. The lowest BCUT2D eigenvalue weighted by Crippen LogP contribution is -2.50. The first-order valence-corrected chi connectivity index (χ1v) is 7.09. The fourth-order valence-electron chi connectivity index (χ4n) is 2.72. The molecule has 1 aliphatic carbocycles. The molecule has 19 heavy (non-hydrogen) atoms. The minimum Gasteiger partial charge on any atom is -0.497 e. The van der Waals surface area contributed by atoms with Crippen molar-refractivity contribution in [3.8, 4) is 5.75 Å². The minimum atomic E-state index is 0.141. The second-order valence-corrected chi connectivity index (χ2v) is 5.82. The fraction of sp³-hybridized carbons (Fsp3) is 0.600. The number of nitrogens with zero attached hydrogens (tertiary/aromatic N) is 2. The van der Waals surface area contributed by atoms with Gasteiger partial charge in [-0.25, -0.2) is 0 Å². The summed E-state index contributed by atoms with van der Waals surface area (Å²) in [5, 5.41) is 0. The van der Waals surface area contributed by atoms with Gasteiger partial charge < -0.3 is 15.4 Å². The maximum absolute atomic E-state index is 6.19. The molecular weight excluding hydrogens is 238 g/mol. The Kier molecular flexibility index (Phi) is 3.37. The molecule has 0 atom stereocenters. The van der Waals surface area contributed by atoms with Gasteiger partial charge in [0.05, 0.1) is 7.11 Å². The molecular formula is C15H23N3O. The predicted octanol–water partition coefficient (Wildman–Crippen LogP) is 1.31. The Hall–Kier alpha value is -1.26. The van der Waals surface area contributed by atoms with Crippen LogP contribution in [0.15, 0.2) is 24.3 Å². The molecule has 2 fully saturated rings. The van der Waals surface area contributed by atoms with Crippen LogP contribution in [0.25, 0.3) is 0 Å². The predicted molar refractivity (Wildman–Crippen MR) is 77.8 cm³/mol. The summed E-state index contributed by atoms with van der Waals surface area (Å²) < 4.78 is 5.19. The van der Waals surface area contributed by atoms with E-state index >= 15 is 0 Å². The third-order valence-electron chi connectivity index (χ3n) is 4.24. The quantitative estimate of drug-likeness (QED) is 0.887. The monoisotopic (exact) mass is 261 g/mol. The first-order chi connectivity index (χ1) is 9.18. The van der Waals surface area contributed by atoms with Gasteiger partial charge in [0.15, 0.2) is 0 Å². The van der Waals surface area contributed by atoms with Crippen LogP contribution in [0, 0.1) is 0 Å². The number of anilines is 1. The van der Waals surface area contributed by atoms with E-state index in [1.54, 1.807) is 7.11 Å². The SMILES string of the molecule is COc1ccc(N2CCN(CC3(N)CC3)CC2)cc1. The van der Waals surface area contributed by atoms with Gasteiger partial charge in [0, 0.05) is 44.0 Å². The van der Waals surface area contributed by atoms with Crippen LogP contribution in [0.1, 0.15) is 12.8 Å². The second kappa shape index (κ2) is 5.02. The summed E-state index contributed by atoms with van der Waals surface area (Å²) in [6.07, 6.45) is 2.40. The highest BCUT2D eigenvalue weighted by Gasteiger charge is 2.40. The van der Waals surface area contributed by atoms with Crippen molar-refractivity contribution in [2.75, 3.05) is 44.7 Å². The topological polar surface area (TPSA) is 41.7 Å². The Bertz CT molecular complexity index is 420. The molecule has 1 heterocycles. The number of rotatable bonds is 4. The summed E-state index contributed by atoms with van der Waals surface area (Å²) in [7, 11) is 1.70. The summed E-state index contributed by atoms with van der Waals surface area (Å²) in [6, 6.07) is 8.33. The van der Waals surface area contributed by atoms with E-state index in [1.807, 2.05) is 12.1 Å². The van der Waals surface area contributed by atoms with Crippen LogP contribution in [-0.4, -0.2) is 50.3 Å². The van der Waals surface area contributed by atoms with Gasteiger partial charge in [0.1, 0.15) is 5.75 Å². The van der Waals surface area contributed by atoms with Gasteiger partial charge in [-0.3, -0.25) is 4.90 Å². The van der Waals surface area contributed by atoms with Crippen molar-refractivity contribution in [1.29, 1.82) is 0 Å². The Balaban J connectivity index is 1.54. The number of nitrogens with two attached hydrogens (primary N) is 1. The maximum Gasteiger partial charge on any atom is 0.119 e. The zero-order valence-corrected chi connectivity index (χ0v) is 11.6. The fourth-order valence-corrected chi connectivity index (χ4v) is 2.72. The summed E-state index contributed by atoms with van der Waals surface area (Å²) in [6.45, 7) is 5.48. The van der Waals surface area contributed by atoms with E-state index in [0.29, 0.717) is 0 Å². The summed E-state index contributed by atoms with van der Waals surface area (Å²) >= 11 is 0. The zero-order chi connectivity index (χ0) is 13.3. The summed E-state index contributed by atoms with van der Waals surface area (Å²) in [4.78, 5) is 4.94. The van der Waals surface area contributed by atoms with E-state index in [2.05, 4.69) is 21.9 Å². The van der Waals surface area contributed by atoms with Crippen LogP contribution < -0.4 is 15.4 Å². The van der Waals surface area contributed by atoms with Crippen LogP contribution in [0.5, 0.6) is 5.75 Å².